The van der Waals surface area contributed by atoms with Gasteiger partial charge in [0.25, 0.3) is 0 Å². The Balaban J connectivity index is 1.64. The van der Waals surface area contributed by atoms with Gasteiger partial charge >= 0.3 is 0 Å². The molecule has 1 amide bonds. The van der Waals surface area contributed by atoms with Gasteiger partial charge in [-0.15, -0.1) is 0 Å². The Morgan fingerprint density at radius 3 is 3.00 bits per heavy atom. The quantitative estimate of drug-likeness (QED) is 0.547. The van der Waals surface area contributed by atoms with E-state index in [2.05, 4.69) is 27.5 Å². The van der Waals surface area contributed by atoms with Crippen molar-refractivity contribution in [3.05, 3.63) is 36.2 Å². The van der Waals surface area contributed by atoms with Crippen LogP contribution in [0.25, 0.3) is 22.2 Å². The summed E-state index contributed by atoms with van der Waals surface area (Å²) in [5.41, 5.74) is 11.6. The molecule has 1 fully saturated rings. The highest BCUT2D eigenvalue weighted by atomic mass is 16.5. The molecule has 0 radical (unpaired) electrons. The number of amides is 1. The number of primary amides is 1. The first kappa shape index (κ1) is 16.9. The van der Waals surface area contributed by atoms with Crippen LogP contribution in [0.5, 0.6) is 5.75 Å². The lowest BCUT2D eigenvalue weighted by molar-refractivity contribution is -0.119. The highest BCUT2D eigenvalue weighted by molar-refractivity contribution is 6.06. The first-order valence-electron chi connectivity index (χ1n) is 9.65. The van der Waals surface area contributed by atoms with Crippen LogP contribution < -0.4 is 21.1 Å². The molecule has 2 aromatic heterocycles. The number of benzene rings is 1. The molecular weight excluding hydrogens is 354 g/mol. The van der Waals surface area contributed by atoms with Gasteiger partial charge in [0.1, 0.15) is 18.4 Å². The third-order valence-electron chi connectivity index (χ3n) is 5.55. The third kappa shape index (κ3) is 2.83. The van der Waals surface area contributed by atoms with Gasteiger partial charge in [-0.1, -0.05) is 0 Å². The summed E-state index contributed by atoms with van der Waals surface area (Å²) in [6.07, 6.45) is 5.74. The minimum absolute atomic E-state index is 0.310. The monoisotopic (exact) mass is 377 g/mol. The molecule has 1 saturated carbocycles. The number of nitrogens with two attached hydrogens (primary N) is 1. The van der Waals surface area contributed by atoms with Crippen molar-refractivity contribution in [3.8, 4) is 17.0 Å². The summed E-state index contributed by atoms with van der Waals surface area (Å²) >= 11 is 0. The van der Waals surface area contributed by atoms with E-state index in [4.69, 9.17) is 10.5 Å². The largest absolute Gasteiger partial charge is 0.491 e. The molecule has 1 aliphatic heterocycles. The summed E-state index contributed by atoms with van der Waals surface area (Å²) in [6.45, 7) is 3.35. The van der Waals surface area contributed by atoms with Gasteiger partial charge in [0.2, 0.25) is 5.91 Å². The zero-order valence-electron chi connectivity index (χ0n) is 15.7. The van der Waals surface area contributed by atoms with Crippen molar-refractivity contribution in [2.24, 2.45) is 11.7 Å². The molecule has 0 unspecified atom stereocenters. The van der Waals surface area contributed by atoms with Crippen molar-refractivity contribution in [2.75, 3.05) is 23.8 Å². The number of ether oxygens (including phenoxy) is 1. The van der Waals surface area contributed by atoms with Gasteiger partial charge in [0, 0.05) is 36.3 Å². The summed E-state index contributed by atoms with van der Waals surface area (Å²) < 4.78 is 6.00. The smallest absolute Gasteiger partial charge is 0.240 e. The number of H-pyrrole nitrogens is 1. The maximum Gasteiger partial charge on any atom is 0.240 e. The molecule has 28 heavy (non-hydrogen) atoms. The second-order valence-corrected chi connectivity index (χ2v) is 7.60. The molecule has 1 aromatic carbocycles. The molecule has 1 atom stereocenters. The lowest BCUT2D eigenvalue weighted by Crippen LogP contribution is -2.37. The molecule has 0 bridgehead atoms. The predicted octanol–water partition coefficient (Wildman–Crippen LogP) is 3.02. The molecular formula is C21H23N5O2. The number of carbonyl (C=O) groups is 1. The Morgan fingerprint density at radius 1 is 1.39 bits per heavy atom. The highest BCUT2D eigenvalue weighted by Crippen LogP contribution is 2.44. The van der Waals surface area contributed by atoms with Gasteiger partial charge in [0.15, 0.2) is 0 Å². The van der Waals surface area contributed by atoms with E-state index in [1.54, 1.807) is 6.20 Å². The molecule has 3 heterocycles. The average molecular weight is 377 g/mol. The van der Waals surface area contributed by atoms with E-state index >= 15 is 0 Å². The maximum atomic E-state index is 11.9. The summed E-state index contributed by atoms with van der Waals surface area (Å²) in [5, 5.41) is 7.83. The van der Waals surface area contributed by atoms with E-state index in [9.17, 15) is 4.79 Å². The Kier molecular flexibility index (Phi) is 3.89. The number of rotatable bonds is 5. The van der Waals surface area contributed by atoms with Crippen LogP contribution in [0.2, 0.25) is 0 Å². The van der Waals surface area contributed by atoms with Gasteiger partial charge in [0.05, 0.1) is 22.3 Å². The van der Waals surface area contributed by atoms with Gasteiger partial charge in [-0.3, -0.25) is 9.78 Å². The number of aromatic nitrogens is 2. The molecule has 7 nitrogen and oxygen atoms in total. The van der Waals surface area contributed by atoms with Crippen molar-refractivity contribution >= 4 is 28.2 Å². The van der Waals surface area contributed by atoms with Crippen LogP contribution in [-0.2, 0) is 4.79 Å². The minimum Gasteiger partial charge on any atom is -0.491 e. The van der Waals surface area contributed by atoms with Crippen LogP contribution in [0.15, 0.2) is 30.6 Å². The molecule has 144 valence electrons. The highest BCUT2D eigenvalue weighted by Gasteiger charge is 2.35. The number of hydrogen-bond acceptors (Lipinski definition) is 5. The fourth-order valence-electron chi connectivity index (χ4n) is 3.96. The zero-order chi connectivity index (χ0) is 19.3. The van der Waals surface area contributed by atoms with Crippen LogP contribution in [0.1, 0.15) is 18.4 Å². The Labute approximate surface area is 162 Å². The summed E-state index contributed by atoms with van der Waals surface area (Å²) in [6, 6.07) is 5.64. The Morgan fingerprint density at radius 2 is 2.25 bits per heavy atom. The lowest BCUT2D eigenvalue weighted by Gasteiger charge is -2.17. The second-order valence-electron chi connectivity index (χ2n) is 7.60. The van der Waals surface area contributed by atoms with Gasteiger partial charge < -0.3 is 26.1 Å². The number of hydrogen-bond donors (Lipinski definition) is 4. The van der Waals surface area contributed by atoms with Crippen molar-refractivity contribution in [1.82, 2.24) is 9.97 Å². The summed E-state index contributed by atoms with van der Waals surface area (Å²) in [7, 11) is 0. The van der Waals surface area contributed by atoms with Gasteiger partial charge in [-0.05, 0) is 43.4 Å². The first-order chi connectivity index (χ1) is 13.6. The van der Waals surface area contributed by atoms with E-state index in [0.717, 1.165) is 57.7 Å². The fraction of sp³-hybridized carbons (Fsp3) is 0.333. The number of nitrogens with zero attached hydrogens (tertiary/aromatic N) is 1. The summed E-state index contributed by atoms with van der Waals surface area (Å²) in [4.78, 5) is 19.7. The van der Waals surface area contributed by atoms with E-state index in [1.807, 2.05) is 24.4 Å². The number of pyridine rings is 1. The molecule has 0 spiro atoms. The number of carbonyl (C=O) groups excluding carboxylic acids is 1. The molecule has 7 heteroatoms. The standard InChI is InChI=1S/C21H23N5O2/c1-11-4-5-23-10-14(11)19-20-17-15(26-19)8-13(9-16(17)28-7-6-24-20)25-18(21(22)27)12-2-3-12/h4-5,8-10,12,18,24-26H,2-3,6-7H2,1H3,(H2,22,27)/t18-/m0/s1. The number of aromatic amines is 1. The number of aryl methyl sites for hydroxylation is 1. The van der Waals surface area contributed by atoms with Crippen molar-refractivity contribution in [1.29, 1.82) is 0 Å². The van der Waals surface area contributed by atoms with Crippen molar-refractivity contribution < 1.29 is 9.53 Å². The Hall–Kier alpha value is -3.22. The van der Waals surface area contributed by atoms with E-state index < -0.39 is 0 Å². The third-order valence-corrected chi connectivity index (χ3v) is 5.55. The second kappa shape index (κ2) is 6.44. The van der Waals surface area contributed by atoms with Crippen LogP contribution in [-0.4, -0.2) is 35.1 Å². The van der Waals surface area contributed by atoms with Gasteiger partial charge in [-0.25, -0.2) is 0 Å². The maximum absolute atomic E-state index is 11.9. The van der Waals surface area contributed by atoms with Crippen LogP contribution in [0, 0.1) is 12.8 Å². The number of nitrogens with one attached hydrogen (secondary N) is 3. The molecule has 0 saturated heterocycles. The van der Waals surface area contributed by atoms with E-state index in [-0.39, 0.29) is 11.9 Å². The average Bonchev–Trinajstić information content (AvgIpc) is 3.47. The molecule has 5 rings (SSSR count). The molecule has 3 aromatic rings. The zero-order valence-corrected chi connectivity index (χ0v) is 15.7. The van der Waals surface area contributed by atoms with Gasteiger partial charge in [-0.2, -0.15) is 0 Å². The Bertz CT molecular complexity index is 1070. The SMILES string of the molecule is Cc1ccncc1-c1[nH]c2cc(N[C@H](C(N)=O)C3CC3)cc3c2c1NCCO3. The fourth-order valence-corrected chi connectivity index (χ4v) is 3.96. The molecule has 5 N–H and O–H groups in total. The normalized spacial score (nSPS) is 16.8. The molecule has 2 aliphatic rings. The van der Waals surface area contributed by atoms with Crippen LogP contribution in [0.4, 0.5) is 11.4 Å². The van der Waals surface area contributed by atoms with E-state index in [1.165, 1.54) is 0 Å². The van der Waals surface area contributed by atoms with E-state index in [0.29, 0.717) is 19.1 Å². The first-order valence-corrected chi connectivity index (χ1v) is 9.65. The topological polar surface area (TPSA) is 105 Å². The lowest BCUT2D eigenvalue weighted by atomic mass is 10.1. The molecule has 1 aliphatic carbocycles. The number of anilines is 2. The summed E-state index contributed by atoms with van der Waals surface area (Å²) in [5.74, 6) is 0.806. The van der Waals surface area contributed by atoms with Crippen molar-refractivity contribution in [3.63, 3.8) is 0 Å². The predicted molar refractivity (Wildman–Crippen MR) is 110 cm³/mol. The van der Waals surface area contributed by atoms with Crippen LogP contribution in [0.3, 0.4) is 0 Å². The van der Waals surface area contributed by atoms with Crippen LogP contribution >= 0.6 is 0 Å². The minimum atomic E-state index is -0.344. The van der Waals surface area contributed by atoms with Crippen molar-refractivity contribution in [2.45, 2.75) is 25.8 Å².